The summed E-state index contributed by atoms with van der Waals surface area (Å²) < 4.78 is 6.10. The van der Waals surface area contributed by atoms with E-state index in [0.717, 1.165) is 12.8 Å². The Morgan fingerprint density at radius 1 is 1.06 bits per heavy atom. The summed E-state index contributed by atoms with van der Waals surface area (Å²) in [7, 11) is 0. The molecule has 0 N–H and O–H groups in total. The average molecular weight is 253 g/mol. The van der Waals surface area contributed by atoms with Crippen molar-refractivity contribution >= 4 is 0 Å². The van der Waals surface area contributed by atoms with E-state index in [0.29, 0.717) is 24.5 Å². The van der Waals surface area contributed by atoms with Gasteiger partial charge in [0.25, 0.3) is 0 Å². The molecular formula is C16H31NO. The fourth-order valence-electron chi connectivity index (χ4n) is 2.62. The van der Waals surface area contributed by atoms with Gasteiger partial charge in [0.05, 0.1) is 12.7 Å². The number of likely N-dealkylation sites (tertiary alicyclic amines) is 1. The van der Waals surface area contributed by atoms with Gasteiger partial charge < -0.3 is 9.64 Å². The topological polar surface area (TPSA) is 12.5 Å². The van der Waals surface area contributed by atoms with Crippen molar-refractivity contribution in [2.45, 2.75) is 59.5 Å². The van der Waals surface area contributed by atoms with E-state index in [1.165, 1.54) is 31.6 Å². The summed E-state index contributed by atoms with van der Waals surface area (Å²) in [5.41, 5.74) is 1.17. The predicted octanol–water partition coefficient (Wildman–Crippen LogP) is 4.07. The van der Waals surface area contributed by atoms with Gasteiger partial charge in [0.1, 0.15) is 0 Å². The van der Waals surface area contributed by atoms with Crippen molar-refractivity contribution in [3.8, 4) is 0 Å². The van der Waals surface area contributed by atoms with E-state index in [-0.39, 0.29) is 0 Å². The lowest BCUT2D eigenvalue weighted by atomic mass is 9.98. The van der Waals surface area contributed by atoms with Gasteiger partial charge in [0.2, 0.25) is 0 Å². The molecule has 0 unspecified atom stereocenters. The molecule has 0 aromatic rings. The maximum absolute atomic E-state index is 6.10. The van der Waals surface area contributed by atoms with E-state index < -0.39 is 0 Å². The lowest BCUT2D eigenvalue weighted by Gasteiger charge is -2.25. The Morgan fingerprint density at radius 3 is 2.00 bits per heavy atom. The fourth-order valence-corrected chi connectivity index (χ4v) is 2.62. The molecule has 18 heavy (non-hydrogen) atoms. The molecule has 2 heteroatoms. The first-order chi connectivity index (χ1) is 8.49. The van der Waals surface area contributed by atoms with Crippen molar-refractivity contribution in [1.29, 1.82) is 0 Å². The van der Waals surface area contributed by atoms with Gasteiger partial charge in [-0.15, -0.1) is 0 Å². The van der Waals surface area contributed by atoms with Gasteiger partial charge in [0.15, 0.2) is 0 Å². The van der Waals surface area contributed by atoms with Gasteiger partial charge in [-0.1, -0.05) is 34.3 Å². The van der Waals surface area contributed by atoms with Crippen LogP contribution in [0.15, 0.2) is 12.3 Å². The summed E-state index contributed by atoms with van der Waals surface area (Å²) in [6, 6.07) is 0. The highest BCUT2D eigenvalue weighted by atomic mass is 16.5. The quantitative estimate of drug-likeness (QED) is 0.646. The second kappa shape index (κ2) is 7.83. The van der Waals surface area contributed by atoms with Crippen molar-refractivity contribution in [3.05, 3.63) is 12.3 Å². The number of nitrogens with zero attached hydrogens (tertiary/aromatic N) is 1. The van der Waals surface area contributed by atoms with Crippen molar-refractivity contribution in [1.82, 2.24) is 4.90 Å². The standard InChI is InChI=1S/C16H31NO/c1-13(2)10-16(11-14(3)4)18-12-15(5)17-8-6-7-9-17/h13-14,16H,5-12H2,1-4H3. The molecule has 0 bridgehead atoms. The number of ether oxygens (including phenoxy) is 1. The summed E-state index contributed by atoms with van der Waals surface area (Å²) in [4.78, 5) is 2.38. The molecule has 2 nitrogen and oxygen atoms in total. The third-order valence-corrected chi connectivity index (χ3v) is 3.51. The van der Waals surface area contributed by atoms with Crippen LogP contribution in [0.2, 0.25) is 0 Å². The number of rotatable bonds is 8. The molecule has 0 spiro atoms. The molecule has 0 atom stereocenters. The molecule has 1 aliphatic rings. The molecule has 1 heterocycles. The minimum atomic E-state index is 0.393. The van der Waals surface area contributed by atoms with E-state index >= 15 is 0 Å². The molecule has 0 amide bonds. The van der Waals surface area contributed by atoms with Crippen LogP contribution in [-0.2, 0) is 4.74 Å². The Balaban J connectivity index is 2.32. The van der Waals surface area contributed by atoms with Crippen LogP contribution in [0, 0.1) is 11.8 Å². The van der Waals surface area contributed by atoms with Crippen LogP contribution >= 0.6 is 0 Å². The Labute approximate surface area is 113 Å². The van der Waals surface area contributed by atoms with Crippen LogP contribution in [0.3, 0.4) is 0 Å². The first-order valence-corrected chi connectivity index (χ1v) is 7.53. The molecule has 0 radical (unpaired) electrons. The Bertz CT molecular complexity index is 231. The van der Waals surface area contributed by atoms with Crippen molar-refractivity contribution in [2.75, 3.05) is 19.7 Å². The van der Waals surface area contributed by atoms with Crippen LogP contribution in [0.5, 0.6) is 0 Å². The summed E-state index contributed by atoms with van der Waals surface area (Å²) in [5.74, 6) is 1.41. The molecule has 0 aromatic heterocycles. The van der Waals surface area contributed by atoms with E-state index in [2.05, 4.69) is 39.2 Å². The lowest BCUT2D eigenvalue weighted by molar-refractivity contribution is 0.0314. The first kappa shape index (κ1) is 15.6. The summed E-state index contributed by atoms with van der Waals surface area (Å²) >= 11 is 0. The Kier molecular flexibility index (Phi) is 6.77. The maximum Gasteiger partial charge on any atom is 0.0862 e. The highest BCUT2D eigenvalue weighted by Gasteiger charge is 2.17. The van der Waals surface area contributed by atoms with Gasteiger partial charge in [-0.3, -0.25) is 0 Å². The van der Waals surface area contributed by atoms with Crippen molar-refractivity contribution < 1.29 is 4.74 Å². The monoisotopic (exact) mass is 253 g/mol. The number of hydrogen-bond acceptors (Lipinski definition) is 2. The van der Waals surface area contributed by atoms with Crippen molar-refractivity contribution in [2.24, 2.45) is 11.8 Å². The zero-order valence-electron chi connectivity index (χ0n) is 12.7. The Morgan fingerprint density at radius 2 is 1.56 bits per heavy atom. The van der Waals surface area contributed by atoms with Crippen LogP contribution in [0.4, 0.5) is 0 Å². The van der Waals surface area contributed by atoms with Gasteiger partial charge in [-0.2, -0.15) is 0 Å². The van der Waals surface area contributed by atoms with Gasteiger partial charge in [0, 0.05) is 18.8 Å². The molecular weight excluding hydrogens is 222 g/mol. The summed E-state index contributed by atoms with van der Waals surface area (Å²) in [6.45, 7) is 16.3. The highest BCUT2D eigenvalue weighted by molar-refractivity contribution is 4.96. The molecule has 0 aromatic carbocycles. The van der Waals surface area contributed by atoms with E-state index in [9.17, 15) is 0 Å². The number of hydrogen-bond donors (Lipinski definition) is 0. The first-order valence-electron chi connectivity index (χ1n) is 7.53. The van der Waals surface area contributed by atoms with Crippen LogP contribution < -0.4 is 0 Å². The molecule has 1 aliphatic heterocycles. The second-order valence-corrected chi connectivity index (χ2v) is 6.45. The van der Waals surface area contributed by atoms with E-state index in [4.69, 9.17) is 4.74 Å². The van der Waals surface area contributed by atoms with Crippen LogP contribution in [-0.4, -0.2) is 30.7 Å². The molecule has 0 saturated carbocycles. The van der Waals surface area contributed by atoms with Gasteiger partial charge in [-0.05, 0) is 37.5 Å². The van der Waals surface area contributed by atoms with Crippen LogP contribution in [0.1, 0.15) is 53.4 Å². The third kappa shape index (κ3) is 5.90. The molecule has 106 valence electrons. The largest absolute Gasteiger partial charge is 0.373 e. The maximum atomic E-state index is 6.10. The van der Waals surface area contributed by atoms with E-state index in [1.807, 2.05) is 0 Å². The average Bonchev–Trinajstić information content (AvgIpc) is 2.77. The van der Waals surface area contributed by atoms with Gasteiger partial charge in [-0.25, -0.2) is 0 Å². The fraction of sp³-hybridized carbons (Fsp3) is 0.875. The van der Waals surface area contributed by atoms with Crippen molar-refractivity contribution in [3.63, 3.8) is 0 Å². The predicted molar refractivity (Wildman–Crippen MR) is 78.6 cm³/mol. The zero-order valence-corrected chi connectivity index (χ0v) is 12.7. The highest BCUT2D eigenvalue weighted by Crippen LogP contribution is 2.19. The minimum absolute atomic E-state index is 0.393. The SMILES string of the molecule is C=C(COC(CC(C)C)CC(C)C)N1CCCC1. The third-order valence-electron chi connectivity index (χ3n) is 3.51. The molecule has 1 rings (SSSR count). The summed E-state index contributed by atoms with van der Waals surface area (Å²) in [5, 5.41) is 0. The molecule has 1 saturated heterocycles. The molecule has 0 aliphatic carbocycles. The van der Waals surface area contributed by atoms with Gasteiger partial charge >= 0.3 is 0 Å². The lowest BCUT2D eigenvalue weighted by Crippen LogP contribution is -2.25. The van der Waals surface area contributed by atoms with Crippen LogP contribution in [0.25, 0.3) is 0 Å². The molecule has 1 fully saturated rings. The summed E-state index contributed by atoms with van der Waals surface area (Å²) in [6.07, 6.45) is 5.32. The normalized spacial score (nSPS) is 16.3. The zero-order chi connectivity index (χ0) is 13.5. The smallest absolute Gasteiger partial charge is 0.0862 e. The minimum Gasteiger partial charge on any atom is -0.373 e. The van der Waals surface area contributed by atoms with E-state index in [1.54, 1.807) is 0 Å². The Hall–Kier alpha value is -0.500. The second-order valence-electron chi connectivity index (χ2n) is 6.45.